The van der Waals surface area contributed by atoms with Gasteiger partial charge in [0, 0.05) is 44.3 Å². The molecule has 3 aliphatic carbocycles. The molecule has 1 N–H and O–H groups in total. The van der Waals surface area contributed by atoms with Gasteiger partial charge in [-0.25, -0.2) is 0 Å². The highest BCUT2D eigenvalue weighted by Gasteiger charge is 2.72. The summed E-state index contributed by atoms with van der Waals surface area (Å²) in [7, 11) is 0. The summed E-state index contributed by atoms with van der Waals surface area (Å²) < 4.78 is 2.12. The largest absolute Gasteiger partial charge is 0.378 e. The van der Waals surface area contributed by atoms with E-state index in [2.05, 4.69) is 16.7 Å². The van der Waals surface area contributed by atoms with E-state index in [1.165, 1.54) is 6.08 Å². The standard InChI is InChI=1S/C46H27NO5/c48-41-32-16-4-5-17-33(32)42(49)40(41)37-26-36(27-12-2-1-3-13-27)45(43(50)34-18-6-7-19-35(34)44(45)51)46(37,52)28-22-24-29(25-23-28)47-38-20-10-8-14-30(38)31-15-9-11-21-39(31)47/h1-26,52H/t46-/m0/s1. The Bertz CT molecular complexity index is 2690. The molecule has 246 valence electrons. The summed E-state index contributed by atoms with van der Waals surface area (Å²) in [5.41, 5.74) is -0.533. The second kappa shape index (κ2) is 10.6. The number of aliphatic hydroxyl groups is 1. The van der Waals surface area contributed by atoms with Crippen molar-refractivity contribution >= 4 is 50.5 Å². The molecule has 1 heterocycles. The minimum atomic E-state index is -2.45. The maximum atomic E-state index is 15.1. The molecule has 0 bridgehead atoms. The summed E-state index contributed by atoms with van der Waals surface area (Å²) in [6, 6.07) is 45.3. The molecule has 10 rings (SSSR count). The van der Waals surface area contributed by atoms with Crippen LogP contribution in [0.25, 0.3) is 33.1 Å². The summed E-state index contributed by atoms with van der Waals surface area (Å²) in [5.74, 6) is -2.31. The highest BCUT2D eigenvalue weighted by atomic mass is 16.3. The van der Waals surface area contributed by atoms with E-state index in [0.717, 1.165) is 27.5 Å². The Morgan fingerprint density at radius 2 is 0.942 bits per heavy atom. The van der Waals surface area contributed by atoms with Gasteiger partial charge < -0.3 is 9.67 Å². The van der Waals surface area contributed by atoms with Crippen LogP contribution in [0, 0.1) is 5.41 Å². The van der Waals surface area contributed by atoms with Crippen molar-refractivity contribution in [3.63, 3.8) is 0 Å². The molecule has 0 amide bonds. The van der Waals surface area contributed by atoms with E-state index in [1.807, 2.05) is 54.6 Å². The van der Waals surface area contributed by atoms with E-state index >= 15 is 9.59 Å². The Balaban J connectivity index is 1.28. The predicted octanol–water partition coefficient (Wildman–Crippen LogP) is 8.51. The number of ketones is 4. The maximum Gasteiger partial charge on any atom is 0.198 e. The van der Waals surface area contributed by atoms with Crippen molar-refractivity contribution in [3.05, 3.63) is 202 Å². The van der Waals surface area contributed by atoms with Crippen LogP contribution in [0.5, 0.6) is 0 Å². The summed E-state index contributed by atoms with van der Waals surface area (Å²) in [5, 5.41) is 15.9. The first-order chi connectivity index (χ1) is 25.4. The van der Waals surface area contributed by atoms with E-state index in [4.69, 9.17) is 0 Å². The molecule has 1 atom stereocenters. The van der Waals surface area contributed by atoms with Crippen molar-refractivity contribution in [2.75, 3.05) is 0 Å². The number of Topliss-reactive ketones (excluding diaryl/α,β-unsaturated/α-hetero) is 4. The molecule has 0 radical (unpaired) electrons. The topological polar surface area (TPSA) is 93.4 Å². The van der Waals surface area contributed by atoms with Gasteiger partial charge in [-0.15, -0.1) is 0 Å². The zero-order valence-corrected chi connectivity index (χ0v) is 27.5. The molecule has 0 fully saturated rings. The summed E-state index contributed by atoms with van der Waals surface area (Å²) in [4.78, 5) is 58.6. The van der Waals surface area contributed by atoms with Crippen molar-refractivity contribution in [2.45, 2.75) is 5.60 Å². The van der Waals surface area contributed by atoms with Gasteiger partial charge in [0.05, 0.1) is 16.6 Å². The SMILES string of the molecule is O=C1C(=C2C=C(c3ccccc3)C3(C(=O)c4ccccc4C3=O)[C@]2(O)c2ccc(-n3c4ccccc4c4ccccc43)cc2)C(=O)c2ccccc21. The average molecular weight is 674 g/mol. The number of allylic oxidation sites excluding steroid dienone is 1. The van der Waals surface area contributed by atoms with Gasteiger partial charge in [-0.05, 0) is 47.0 Å². The molecule has 1 aromatic heterocycles. The minimum Gasteiger partial charge on any atom is -0.378 e. The van der Waals surface area contributed by atoms with Gasteiger partial charge in [0.1, 0.15) is 5.60 Å². The number of benzene rings is 6. The first kappa shape index (κ1) is 30.1. The normalized spacial score (nSPS) is 18.9. The van der Waals surface area contributed by atoms with Crippen LogP contribution in [0.4, 0.5) is 0 Å². The lowest BCUT2D eigenvalue weighted by atomic mass is 9.61. The molecule has 0 saturated carbocycles. The number of aromatic nitrogens is 1. The number of hydrogen-bond acceptors (Lipinski definition) is 5. The number of para-hydroxylation sites is 2. The van der Waals surface area contributed by atoms with Crippen LogP contribution >= 0.6 is 0 Å². The van der Waals surface area contributed by atoms with Crippen molar-refractivity contribution < 1.29 is 24.3 Å². The van der Waals surface area contributed by atoms with Gasteiger partial charge in [0.15, 0.2) is 28.5 Å². The van der Waals surface area contributed by atoms with E-state index < -0.39 is 34.1 Å². The summed E-state index contributed by atoms with van der Waals surface area (Å²) in [6.07, 6.45) is 1.54. The Morgan fingerprint density at radius 3 is 1.48 bits per heavy atom. The molecular formula is C46H27NO5. The molecule has 1 spiro atoms. The van der Waals surface area contributed by atoms with E-state index in [0.29, 0.717) is 5.56 Å². The molecule has 3 aliphatic rings. The lowest BCUT2D eigenvalue weighted by molar-refractivity contribution is 0.00253. The van der Waals surface area contributed by atoms with Gasteiger partial charge in [0.25, 0.3) is 0 Å². The third kappa shape index (κ3) is 3.61. The highest BCUT2D eigenvalue weighted by Crippen LogP contribution is 2.65. The van der Waals surface area contributed by atoms with Gasteiger partial charge in [-0.3, -0.25) is 19.2 Å². The van der Waals surface area contributed by atoms with Crippen LogP contribution in [0.3, 0.4) is 0 Å². The minimum absolute atomic E-state index is 0.0725. The summed E-state index contributed by atoms with van der Waals surface area (Å²) in [6.45, 7) is 0. The van der Waals surface area contributed by atoms with E-state index in [-0.39, 0.29) is 44.5 Å². The molecule has 7 aromatic rings. The van der Waals surface area contributed by atoms with Crippen LogP contribution in [-0.2, 0) is 5.60 Å². The van der Waals surface area contributed by atoms with Crippen LogP contribution in [0.2, 0.25) is 0 Å². The molecule has 52 heavy (non-hydrogen) atoms. The Kier molecular flexibility index (Phi) is 6.15. The Labute approximate surface area is 297 Å². The molecule has 0 saturated heterocycles. The first-order valence-electron chi connectivity index (χ1n) is 17.1. The van der Waals surface area contributed by atoms with Crippen molar-refractivity contribution in [2.24, 2.45) is 5.41 Å². The number of hydrogen-bond donors (Lipinski definition) is 1. The lowest BCUT2D eigenvalue weighted by Gasteiger charge is -2.41. The fraction of sp³-hybridized carbons (Fsp3) is 0.0435. The second-order valence-corrected chi connectivity index (χ2v) is 13.5. The monoisotopic (exact) mass is 673 g/mol. The number of carbonyl (C=O) groups is 4. The highest BCUT2D eigenvalue weighted by molar-refractivity contribution is 6.42. The van der Waals surface area contributed by atoms with E-state index in [1.54, 1.807) is 84.9 Å². The number of carbonyl (C=O) groups excluding carboxylic acids is 4. The molecule has 0 aliphatic heterocycles. The van der Waals surface area contributed by atoms with Gasteiger partial charge >= 0.3 is 0 Å². The van der Waals surface area contributed by atoms with Crippen LogP contribution in [-0.4, -0.2) is 32.8 Å². The lowest BCUT2D eigenvalue weighted by Crippen LogP contribution is -2.52. The third-order valence-corrected chi connectivity index (χ3v) is 11.1. The fourth-order valence-corrected chi connectivity index (χ4v) is 8.80. The maximum absolute atomic E-state index is 15.1. The van der Waals surface area contributed by atoms with Gasteiger partial charge in [-0.1, -0.05) is 127 Å². The van der Waals surface area contributed by atoms with Crippen molar-refractivity contribution in [1.82, 2.24) is 4.57 Å². The first-order valence-corrected chi connectivity index (χ1v) is 17.1. The zero-order valence-electron chi connectivity index (χ0n) is 27.5. The average Bonchev–Trinajstić information content (AvgIpc) is 3.84. The van der Waals surface area contributed by atoms with Crippen molar-refractivity contribution in [3.8, 4) is 5.69 Å². The van der Waals surface area contributed by atoms with Crippen LogP contribution in [0.1, 0.15) is 52.6 Å². The Morgan fingerprint density at radius 1 is 0.481 bits per heavy atom. The molecule has 6 heteroatoms. The number of fused-ring (bicyclic) bond motifs is 5. The van der Waals surface area contributed by atoms with Gasteiger partial charge in [-0.2, -0.15) is 0 Å². The molecule has 0 unspecified atom stereocenters. The zero-order chi connectivity index (χ0) is 35.4. The quantitative estimate of drug-likeness (QED) is 0.115. The molecule has 6 aromatic carbocycles. The fourth-order valence-electron chi connectivity index (χ4n) is 8.80. The molecule has 6 nitrogen and oxygen atoms in total. The van der Waals surface area contributed by atoms with Gasteiger partial charge in [0.2, 0.25) is 0 Å². The third-order valence-electron chi connectivity index (χ3n) is 11.1. The molecular weight excluding hydrogens is 647 g/mol. The second-order valence-electron chi connectivity index (χ2n) is 13.5. The van der Waals surface area contributed by atoms with Crippen molar-refractivity contribution in [1.29, 1.82) is 0 Å². The smallest absolute Gasteiger partial charge is 0.198 e. The summed E-state index contributed by atoms with van der Waals surface area (Å²) >= 11 is 0. The number of nitrogens with zero attached hydrogens (tertiary/aromatic N) is 1. The predicted molar refractivity (Wildman–Crippen MR) is 199 cm³/mol. The van der Waals surface area contributed by atoms with Crippen LogP contribution < -0.4 is 0 Å². The van der Waals surface area contributed by atoms with Crippen LogP contribution in [0.15, 0.2) is 169 Å². The van der Waals surface area contributed by atoms with E-state index in [9.17, 15) is 14.7 Å². The Hall–Kier alpha value is -6.76. The number of rotatable bonds is 3.